The van der Waals surface area contributed by atoms with Crippen molar-refractivity contribution in [1.29, 1.82) is 0 Å². The van der Waals surface area contributed by atoms with Gasteiger partial charge in [0.2, 0.25) is 0 Å². The van der Waals surface area contributed by atoms with Crippen LogP contribution in [0.5, 0.6) is 0 Å². The minimum Gasteiger partial charge on any atom is -0.436 e. The van der Waals surface area contributed by atoms with Crippen LogP contribution in [0.1, 0.15) is 46.5 Å². The van der Waals surface area contributed by atoms with Crippen molar-refractivity contribution in [2.75, 3.05) is 6.61 Å². The van der Waals surface area contributed by atoms with Gasteiger partial charge in [0.15, 0.2) is 8.32 Å². The van der Waals surface area contributed by atoms with Gasteiger partial charge in [-0.05, 0) is 51.7 Å². The third-order valence-corrected chi connectivity index (χ3v) is 15.1. The minimum atomic E-state index is -2.11. The van der Waals surface area contributed by atoms with Gasteiger partial charge in [0.25, 0.3) is 0 Å². The zero-order valence-electron chi connectivity index (χ0n) is 15.7. The van der Waals surface area contributed by atoms with E-state index in [1.54, 1.807) is 0 Å². The summed E-state index contributed by atoms with van der Waals surface area (Å²) in [4.78, 5) is 0. The van der Waals surface area contributed by atoms with Crippen LogP contribution in [0.4, 0.5) is 0 Å². The van der Waals surface area contributed by atoms with Gasteiger partial charge in [-0.15, -0.1) is 0 Å². The molecule has 0 bridgehead atoms. The molecule has 21 heavy (non-hydrogen) atoms. The lowest BCUT2D eigenvalue weighted by Crippen LogP contribution is -2.54. The molecule has 0 aromatic rings. The standard InChI is InChI=1S/C15H38O3Si3/c1-9-12-14-19(4,5)17-20(6,7)18-21(8,16-11-3)15-13-10-2/h9-15H2,1-8H3. The monoisotopic (exact) mass is 350 g/mol. The molecular weight excluding hydrogens is 312 g/mol. The van der Waals surface area contributed by atoms with Crippen molar-refractivity contribution in [3.63, 3.8) is 0 Å². The van der Waals surface area contributed by atoms with Crippen molar-refractivity contribution in [2.45, 2.75) is 91.3 Å². The van der Waals surface area contributed by atoms with Crippen molar-refractivity contribution < 1.29 is 12.7 Å². The Morgan fingerprint density at radius 2 is 1.24 bits per heavy atom. The Bertz CT molecular complexity index is 285. The van der Waals surface area contributed by atoms with E-state index in [1.165, 1.54) is 31.7 Å². The lowest BCUT2D eigenvalue weighted by molar-refractivity contribution is 0.234. The molecule has 128 valence electrons. The zero-order chi connectivity index (χ0) is 16.6. The lowest BCUT2D eigenvalue weighted by atomic mass is 10.4. The van der Waals surface area contributed by atoms with Crippen molar-refractivity contribution in [1.82, 2.24) is 0 Å². The molecule has 0 saturated heterocycles. The maximum absolute atomic E-state index is 6.56. The van der Waals surface area contributed by atoms with E-state index in [1.807, 2.05) is 0 Å². The molecule has 0 fully saturated rings. The Morgan fingerprint density at radius 3 is 1.71 bits per heavy atom. The molecule has 1 atom stereocenters. The number of hydrogen-bond acceptors (Lipinski definition) is 3. The molecule has 0 rings (SSSR count). The summed E-state index contributed by atoms with van der Waals surface area (Å²) in [5, 5.41) is 0. The van der Waals surface area contributed by atoms with Gasteiger partial charge in [0.1, 0.15) is 0 Å². The first kappa shape index (κ1) is 21.5. The van der Waals surface area contributed by atoms with E-state index < -0.39 is 25.4 Å². The van der Waals surface area contributed by atoms with E-state index in [0.29, 0.717) is 0 Å². The molecule has 0 heterocycles. The fourth-order valence-electron chi connectivity index (χ4n) is 2.82. The summed E-state index contributed by atoms with van der Waals surface area (Å²) in [5.41, 5.74) is 0. The molecular formula is C15H38O3Si3. The van der Waals surface area contributed by atoms with Crippen LogP contribution in [0.3, 0.4) is 0 Å². The highest BCUT2D eigenvalue weighted by Gasteiger charge is 2.42. The highest BCUT2D eigenvalue weighted by molar-refractivity contribution is 6.86. The Balaban J connectivity index is 4.71. The summed E-state index contributed by atoms with van der Waals surface area (Å²) in [7, 11) is -5.80. The van der Waals surface area contributed by atoms with Gasteiger partial charge in [-0.2, -0.15) is 0 Å². The normalized spacial score (nSPS) is 16.0. The molecule has 3 nitrogen and oxygen atoms in total. The average molecular weight is 351 g/mol. The molecule has 0 saturated carbocycles. The van der Waals surface area contributed by atoms with Crippen LogP contribution in [-0.4, -0.2) is 32.0 Å². The average Bonchev–Trinajstić information content (AvgIpc) is 2.32. The molecule has 1 unspecified atom stereocenters. The van der Waals surface area contributed by atoms with Gasteiger partial charge in [0, 0.05) is 6.61 Å². The van der Waals surface area contributed by atoms with Crippen LogP contribution in [0.15, 0.2) is 0 Å². The largest absolute Gasteiger partial charge is 0.436 e. The third-order valence-electron chi connectivity index (χ3n) is 3.55. The Labute approximate surface area is 136 Å². The van der Waals surface area contributed by atoms with Crippen LogP contribution < -0.4 is 0 Å². The van der Waals surface area contributed by atoms with Gasteiger partial charge in [0.05, 0.1) is 0 Å². The predicted molar refractivity (Wildman–Crippen MR) is 99.8 cm³/mol. The first-order valence-electron chi connectivity index (χ1n) is 8.64. The molecule has 6 heteroatoms. The van der Waals surface area contributed by atoms with Crippen LogP contribution in [0, 0.1) is 0 Å². The van der Waals surface area contributed by atoms with E-state index in [4.69, 9.17) is 12.7 Å². The maximum Gasteiger partial charge on any atom is 0.326 e. The Kier molecular flexibility index (Phi) is 9.86. The van der Waals surface area contributed by atoms with Crippen molar-refractivity contribution in [2.24, 2.45) is 0 Å². The summed E-state index contributed by atoms with van der Waals surface area (Å²) in [6, 6.07) is 2.30. The molecule has 0 aromatic heterocycles. The second-order valence-electron chi connectivity index (χ2n) is 7.14. The molecule has 0 radical (unpaired) electrons. The predicted octanol–water partition coefficient (Wildman–Crippen LogP) is 5.64. The Morgan fingerprint density at radius 1 is 0.714 bits per heavy atom. The van der Waals surface area contributed by atoms with E-state index >= 15 is 0 Å². The zero-order valence-corrected chi connectivity index (χ0v) is 18.7. The van der Waals surface area contributed by atoms with Crippen molar-refractivity contribution in [3.05, 3.63) is 0 Å². The van der Waals surface area contributed by atoms with Gasteiger partial charge in [-0.25, -0.2) is 0 Å². The highest BCUT2D eigenvalue weighted by Crippen LogP contribution is 2.27. The van der Waals surface area contributed by atoms with E-state index in [2.05, 4.69) is 53.5 Å². The van der Waals surface area contributed by atoms with Crippen LogP contribution in [-0.2, 0) is 12.7 Å². The van der Waals surface area contributed by atoms with E-state index in [-0.39, 0.29) is 0 Å². The van der Waals surface area contributed by atoms with Crippen molar-refractivity contribution >= 4 is 25.4 Å². The maximum atomic E-state index is 6.56. The van der Waals surface area contributed by atoms with Crippen LogP contribution in [0.25, 0.3) is 0 Å². The molecule has 0 aromatic carbocycles. The van der Waals surface area contributed by atoms with Crippen LogP contribution in [0.2, 0.25) is 44.8 Å². The van der Waals surface area contributed by atoms with E-state index in [9.17, 15) is 0 Å². The minimum absolute atomic E-state index is 0.744. The molecule has 0 aliphatic heterocycles. The summed E-state index contributed by atoms with van der Waals surface area (Å²) >= 11 is 0. The summed E-state index contributed by atoms with van der Waals surface area (Å²) < 4.78 is 19.2. The second kappa shape index (κ2) is 9.62. The number of rotatable bonds is 12. The Hall–Kier alpha value is 0.531. The molecule has 0 N–H and O–H groups in total. The lowest BCUT2D eigenvalue weighted by Gasteiger charge is -2.39. The molecule has 0 amide bonds. The first-order chi connectivity index (χ1) is 9.60. The van der Waals surface area contributed by atoms with Crippen molar-refractivity contribution in [3.8, 4) is 0 Å². The molecule has 0 aliphatic rings. The molecule has 0 aliphatic carbocycles. The summed E-state index contributed by atoms with van der Waals surface area (Å²) in [6.45, 7) is 18.5. The fraction of sp³-hybridized carbons (Fsp3) is 1.00. The number of unbranched alkanes of at least 4 members (excludes halogenated alkanes) is 2. The molecule has 0 spiro atoms. The SMILES string of the molecule is CCCC[Si](C)(C)O[Si](C)(C)O[Si](C)(CCCC)OCC. The van der Waals surface area contributed by atoms with Gasteiger partial charge >= 0.3 is 17.1 Å². The summed E-state index contributed by atoms with van der Waals surface area (Å²) in [6.07, 6.45) is 4.88. The fourth-order valence-corrected chi connectivity index (χ4v) is 16.8. The third kappa shape index (κ3) is 10.0. The smallest absolute Gasteiger partial charge is 0.326 e. The highest BCUT2D eigenvalue weighted by atomic mass is 28.5. The van der Waals surface area contributed by atoms with E-state index in [0.717, 1.165) is 12.7 Å². The topological polar surface area (TPSA) is 27.7 Å². The first-order valence-corrected chi connectivity index (χ1v) is 17.1. The van der Waals surface area contributed by atoms with Gasteiger partial charge in [-0.3, -0.25) is 0 Å². The summed E-state index contributed by atoms with van der Waals surface area (Å²) in [5.74, 6) is 0. The second-order valence-corrected chi connectivity index (χ2v) is 18.6. The quantitative estimate of drug-likeness (QED) is 0.427. The number of hydrogen-bond donors (Lipinski definition) is 0. The van der Waals surface area contributed by atoms with Crippen LogP contribution >= 0.6 is 0 Å². The van der Waals surface area contributed by atoms with Gasteiger partial charge in [-0.1, -0.05) is 39.5 Å². The van der Waals surface area contributed by atoms with Gasteiger partial charge < -0.3 is 12.7 Å².